The minimum Gasteiger partial charge on any atom is -0.469 e. The van der Waals surface area contributed by atoms with Crippen LogP contribution in [0.5, 0.6) is 0 Å². The summed E-state index contributed by atoms with van der Waals surface area (Å²) in [6.45, 7) is 1.34. The normalized spacial score (nSPS) is 16.0. The van der Waals surface area contributed by atoms with Crippen molar-refractivity contribution >= 4 is 27.9 Å². The molecule has 1 aliphatic carbocycles. The Balaban J connectivity index is 1.84. The van der Waals surface area contributed by atoms with Gasteiger partial charge in [0, 0.05) is 30.0 Å². The molecule has 6 heteroatoms. The molecule has 0 atom stereocenters. The fraction of sp³-hybridized carbons (Fsp3) is 0.500. The summed E-state index contributed by atoms with van der Waals surface area (Å²) in [5.41, 5.74) is 1.54. The van der Waals surface area contributed by atoms with Crippen LogP contribution >= 0.6 is 15.9 Å². The van der Waals surface area contributed by atoms with Gasteiger partial charge in [0.05, 0.1) is 13.5 Å². The van der Waals surface area contributed by atoms with E-state index in [1.165, 1.54) is 25.5 Å². The van der Waals surface area contributed by atoms with E-state index in [4.69, 9.17) is 0 Å². The maximum atomic E-state index is 11.1. The van der Waals surface area contributed by atoms with Crippen molar-refractivity contribution in [3.8, 4) is 0 Å². The van der Waals surface area contributed by atoms with E-state index in [1.807, 2.05) is 6.07 Å². The van der Waals surface area contributed by atoms with Gasteiger partial charge < -0.3 is 15.4 Å². The number of esters is 1. The Bertz CT molecular complexity index is 556. The third kappa shape index (κ3) is 4.47. The number of nitrogens with one attached hydrogen (secondary N) is 2. The van der Waals surface area contributed by atoms with Crippen LogP contribution in [0.25, 0.3) is 0 Å². The van der Waals surface area contributed by atoms with Gasteiger partial charge in [0.25, 0.3) is 0 Å². The molecule has 0 saturated heterocycles. The molecule has 1 fully saturated rings. The second kappa shape index (κ2) is 7.63. The maximum absolute atomic E-state index is 11.1. The van der Waals surface area contributed by atoms with Crippen LogP contribution in [0.2, 0.25) is 0 Å². The summed E-state index contributed by atoms with van der Waals surface area (Å²) in [7, 11) is 3.12. The van der Waals surface area contributed by atoms with Crippen molar-refractivity contribution in [1.29, 1.82) is 0 Å². The van der Waals surface area contributed by atoms with Gasteiger partial charge in [0.15, 0.2) is 5.96 Å². The number of nitrogens with zero attached hydrogens (tertiary/aromatic N) is 1. The van der Waals surface area contributed by atoms with Gasteiger partial charge in [-0.1, -0.05) is 28.1 Å². The zero-order valence-corrected chi connectivity index (χ0v) is 14.6. The van der Waals surface area contributed by atoms with Crippen LogP contribution < -0.4 is 10.6 Å². The van der Waals surface area contributed by atoms with E-state index in [0.717, 1.165) is 11.0 Å². The first kappa shape index (κ1) is 16.8. The highest BCUT2D eigenvalue weighted by atomic mass is 79.9. The Hall–Kier alpha value is -1.56. The lowest BCUT2D eigenvalue weighted by Gasteiger charge is -2.19. The standard InChI is InChI=1S/C16H22BrN3O2/c1-18-15(19-9-6-14(21)22-2)20-11-16(7-8-16)12-4-3-5-13(17)10-12/h3-5,10H,6-9,11H2,1-2H3,(H2,18,19,20). The Labute approximate surface area is 139 Å². The van der Waals surface area contributed by atoms with Gasteiger partial charge in [-0.05, 0) is 30.5 Å². The van der Waals surface area contributed by atoms with Gasteiger partial charge in [-0.3, -0.25) is 9.79 Å². The highest BCUT2D eigenvalue weighted by molar-refractivity contribution is 9.10. The van der Waals surface area contributed by atoms with Crippen LogP contribution in [-0.4, -0.2) is 39.2 Å². The van der Waals surface area contributed by atoms with Crippen molar-refractivity contribution in [3.63, 3.8) is 0 Å². The predicted molar refractivity (Wildman–Crippen MR) is 91.1 cm³/mol. The van der Waals surface area contributed by atoms with Crippen LogP contribution in [0.3, 0.4) is 0 Å². The fourth-order valence-corrected chi connectivity index (χ4v) is 2.79. The van der Waals surface area contributed by atoms with Crippen molar-refractivity contribution in [2.75, 3.05) is 27.2 Å². The molecular formula is C16H22BrN3O2. The van der Waals surface area contributed by atoms with Crippen molar-refractivity contribution in [2.45, 2.75) is 24.7 Å². The molecular weight excluding hydrogens is 346 g/mol. The van der Waals surface area contributed by atoms with E-state index < -0.39 is 0 Å². The van der Waals surface area contributed by atoms with E-state index in [9.17, 15) is 4.79 Å². The molecule has 22 heavy (non-hydrogen) atoms. The molecule has 1 aromatic carbocycles. The highest BCUT2D eigenvalue weighted by Crippen LogP contribution is 2.48. The molecule has 2 rings (SSSR count). The fourth-order valence-electron chi connectivity index (χ4n) is 2.40. The van der Waals surface area contributed by atoms with E-state index in [2.05, 4.69) is 54.5 Å². The summed E-state index contributed by atoms with van der Waals surface area (Å²) in [4.78, 5) is 15.3. The average molecular weight is 368 g/mol. The Morgan fingerprint density at radius 2 is 2.18 bits per heavy atom. The molecule has 1 saturated carbocycles. The van der Waals surface area contributed by atoms with Gasteiger partial charge >= 0.3 is 5.97 Å². The molecule has 2 N–H and O–H groups in total. The number of rotatable bonds is 6. The lowest BCUT2D eigenvalue weighted by molar-refractivity contribution is -0.140. The minimum absolute atomic E-state index is 0.198. The number of methoxy groups -OCH3 is 1. The summed E-state index contributed by atoms with van der Waals surface area (Å²) < 4.78 is 5.72. The molecule has 0 bridgehead atoms. The van der Waals surface area contributed by atoms with Crippen molar-refractivity contribution in [1.82, 2.24) is 10.6 Å². The zero-order valence-electron chi connectivity index (χ0n) is 13.0. The number of benzene rings is 1. The van der Waals surface area contributed by atoms with Gasteiger partial charge in [0.1, 0.15) is 0 Å². The quantitative estimate of drug-likeness (QED) is 0.459. The molecule has 0 unspecified atom stereocenters. The highest BCUT2D eigenvalue weighted by Gasteiger charge is 2.44. The monoisotopic (exact) mass is 367 g/mol. The molecule has 1 aliphatic rings. The number of guanidine groups is 1. The first-order valence-electron chi connectivity index (χ1n) is 7.37. The van der Waals surface area contributed by atoms with Gasteiger partial charge in [-0.2, -0.15) is 0 Å². The number of aliphatic imine (C=N–C) groups is 1. The van der Waals surface area contributed by atoms with Crippen molar-refractivity contribution in [2.24, 2.45) is 4.99 Å². The lowest BCUT2D eigenvalue weighted by atomic mass is 9.96. The maximum Gasteiger partial charge on any atom is 0.307 e. The number of carbonyl (C=O) groups excluding carboxylic acids is 1. The van der Waals surface area contributed by atoms with Crippen LogP contribution in [0.15, 0.2) is 33.7 Å². The first-order chi connectivity index (χ1) is 10.6. The zero-order chi connectivity index (χ0) is 16.0. The number of halogens is 1. The Morgan fingerprint density at radius 3 is 2.77 bits per heavy atom. The summed E-state index contributed by atoms with van der Waals surface area (Å²) in [5.74, 6) is 0.487. The minimum atomic E-state index is -0.226. The van der Waals surface area contributed by atoms with E-state index in [-0.39, 0.29) is 11.4 Å². The van der Waals surface area contributed by atoms with Gasteiger partial charge in [-0.15, -0.1) is 0 Å². The first-order valence-corrected chi connectivity index (χ1v) is 8.16. The predicted octanol–water partition coefficient (Wildman–Crippen LogP) is 2.21. The summed E-state index contributed by atoms with van der Waals surface area (Å²) in [5, 5.41) is 6.48. The second-order valence-electron chi connectivity index (χ2n) is 5.47. The SMILES string of the molecule is CN=C(NCCC(=O)OC)NCC1(c2cccc(Br)c2)CC1. The summed E-state index contributed by atoms with van der Waals surface area (Å²) in [6, 6.07) is 8.47. The molecule has 0 aliphatic heterocycles. The van der Waals surface area contributed by atoms with E-state index in [0.29, 0.717) is 18.9 Å². The molecule has 0 amide bonds. The largest absolute Gasteiger partial charge is 0.469 e. The molecule has 120 valence electrons. The number of hydrogen-bond donors (Lipinski definition) is 2. The lowest BCUT2D eigenvalue weighted by Crippen LogP contribution is -2.42. The summed E-state index contributed by atoms with van der Waals surface area (Å²) >= 11 is 3.53. The van der Waals surface area contributed by atoms with Gasteiger partial charge in [-0.25, -0.2) is 0 Å². The number of hydrogen-bond acceptors (Lipinski definition) is 3. The average Bonchev–Trinajstić information content (AvgIpc) is 3.31. The molecule has 0 aromatic heterocycles. The summed E-state index contributed by atoms with van der Waals surface area (Å²) in [6.07, 6.45) is 2.68. The third-order valence-corrected chi connectivity index (χ3v) is 4.45. The smallest absolute Gasteiger partial charge is 0.307 e. The Kier molecular flexibility index (Phi) is 5.83. The van der Waals surface area contributed by atoms with Crippen molar-refractivity contribution in [3.05, 3.63) is 34.3 Å². The van der Waals surface area contributed by atoms with Crippen LogP contribution in [0.1, 0.15) is 24.8 Å². The Morgan fingerprint density at radius 1 is 1.41 bits per heavy atom. The molecule has 0 heterocycles. The third-order valence-electron chi connectivity index (χ3n) is 3.96. The molecule has 0 spiro atoms. The molecule has 5 nitrogen and oxygen atoms in total. The van der Waals surface area contributed by atoms with Crippen molar-refractivity contribution < 1.29 is 9.53 Å². The van der Waals surface area contributed by atoms with Crippen LogP contribution in [-0.2, 0) is 14.9 Å². The topological polar surface area (TPSA) is 62.7 Å². The number of ether oxygens (including phenoxy) is 1. The van der Waals surface area contributed by atoms with Crippen LogP contribution in [0.4, 0.5) is 0 Å². The van der Waals surface area contributed by atoms with E-state index in [1.54, 1.807) is 7.05 Å². The van der Waals surface area contributed by atoms with Crippen LogP contribution in [0, 0.1) is 0 Å². The number of carbonyl (C=O) groups is 1. The molecule has 1 aromatic rings. The van der Waals surface area contributed by atoms with E-state index >= 15 is 0 Å². The second-order valence-corrected chi connectivity index (χ2v) is 6.39. The van der Waals surface area contributed by atoms with Gasteiger partial charge in [0.2, 0.25) is 0 Å². The molecule has 0 radical (unpaired) electrons.